The molecule has 0 amide bonds. The number of nitrogens with zero attached hydrogens (tertiary/aromatic N) is 2. The summed E-state index contributed by atoms with van der Waals surface area (Å²) in [5.41, 5.74) is 1.98. The van der Waals surface area contributed by atoms with E-state index in [4.69, 9.17) is 49.0 Å². The lowest BCUT2D eigenvalue weighted by Crippen LogP contribution is -2.00. The molecule has 3 rings (SSSR count). The van der Waals surface area contributed by atoms with Gasteiger partial charge in [0.15, 0.2) is 0 Å². The van der Waals surface area contributed by atoms with Gasteiger partial charge in [0, 0.05) is 18.2 Å². The Hall–Kier alpha value is -2.34. The number of halogens is 3. The fourth-order valence-corrected chi connectivity index (χ4v) is 3.00. The van der Waals surface area contributed by atoms with E-state index in [1.54, 1.807) is 24.3 Å². The Morgan fingerprint density at radius 1 is 1.00 bits per heavy atom. The van der Waals surface area contributed by atoms with Crippen LogP contribution in [0.3, 0.4) is 0 Å². The number of rotatable bonds is 8. The van der Waals surface area contributed by atoms with Gasteiger partial charge in [0.2, 0.25) is 5.88 Å². The number of benzene rings is 2. The van der Waals surface area contributed by atoms with Gasteiger partial charge in [0.25, 0.3) is 0 Å². The first-order chi connectivity index (χ1) is 14.4. The van der Waals surface area contributed by atoms with Gasteiger partial charge in [-0.2, -0.15) is 5.10 Å². The van der Waals surface area contributed by atoms with Crippen molar-refractivity contribution in [1.82, 2.24) is 9.78 Å². The minimum atomic E-state index is 0.151. The second-order valence-electron chi connectivity index (χ2n) is 6.40. The van der Waals surface area contributed by atoms with Crippen LogP contribution in [0.1, 0.15) is 18.2 Å². The highest BCUT2D eigenvalue weighted by molar-refractivity contribution is 6.55. The molecule has 0 saturated heterocycles. The molecule has 158 valence electrons. The summed E-state index contributed by atoms with van der Waals surface area (Å²) in [5.74, 6) is 3.17. The number of aryl methyl sites for hydroxylation is 2. The molecule has 5 nitrogen and oxygen atoms in total. The maximum atomic E-state index is 6.31. The van der Waals surface area contributed by atoms with Gasteiger partial charge >= 0.3 is 0 Å². The third kappa shape index (κ3) is 5.63. The number of aromatic nitrogens is 2. The van der Waals surface area contributed by atoms with E-state index >= 15 is 0 Å². The van der Waals surface area contributed by atoms with Gasteiger partial charge in [-0.1, -0.05) is 34.8 Å². The Bertz CT molecular complexity index is 1040. The lowest BCUT2D eigenvalue weighted by molar-refractivity contribution is 0.362. The first kappa shape index (κ1) is 22.3. The standard InChI is InChI=1S/C22H21Cl3N2O3/c1-4-27-22(14(2)15(3)26-27)30-17-7-5-16(6-8-17)29-20-10-9-18(13-19(20)23)28-12-11-21(24)25/h5-11,13H,4,12H2,1-3H3. The van der Waals surface area contributed by atoms with Gasteiger partial charge in [-0.25, -0.2) is 4.68 Å². The molecule has 0 unspecified atom stereocenters. The van der Waals surface area contributed by atoms with Crippen molar-refractivity contribution in [2.24, 2.45) is 0 Å². The second-order valence-corrected chi connectivity index (χ2v) is 7.82. The molecular formula is C22H21Cl3N2O3. The Balaban J connectivity index is 1.67. The van der Waals surface area contributed by atoms with E-state index in [0.29, 0.717) is 28.0 Å². The van der Waals surface area contributed by atoms with E-state index in [9.17, 15) is 0 Å². The van der Waals surface area contributed by atoms with Crippen LogP contribution < -0.4 is 14.2 Å². The molecule has 0 spiro atoms. The van der Waals surface area contributed by atoms with E-state index in [1.807, 2.05) is 49.7 Å². The minimum absolute atomic E-state index is 0.151. The van der Waals surface area contributed by atoms with E-state index in [0.717, 1.165) is 23.7 Å². The monoisotopic (exact) mass is 466 g/mol. The molecule has 0 saturated carbocycles. The molecular weight excluding hydrogens is 447 g/mol. The van der Waals surface area contributed by atoms with Crippen molar-refractivity contribution < 1.29 is 14.2 Å². The molecule has 30 heavy (non-hydrogen) atoms. The van der Waals surface area contributed by atoms with Crippen LogP contribution >= 0.6 is 34.8 Å². The summed E-state index contributed by atoms with van der Waals surface area (Å²) in [4.78, 5) is 0. The Labute approximate surface area is 190 Å². The maximum absolute atomic E-state index is 6.31. The van der Waals surface area contributed by atoms with Crippen LogP contribution in [-0.4, -0.2) is 16.4 Å². The van der Waals surface area contributed by atoms with Crippen LogP contribution in [-0.2, 0) is 6.54 Å². The van der Waals surface area contributed by atoms with Crippen LogP contribution in [0, 0.1) is 13.8 Å². The smallest absolute Gasteiger partial charge is 0.220 e. The number of hydrogen-bond acceptors (Lipinski definition) is 4. The molecule has 0 N–H and O–H groups in total. The average molecular weight is 468 g/mol. The molecule has 0 atom stereocenters. The topological polar surface area (TPSA) is 45.5 Å². The van der Waals surface area contributed by atoms with Gasteiger partial charge in [-0.15, -0.1) is 0 Å². The fraction of sp³-hybridized carbons (Fsp3) is 0.227. The summed E-state index contributed by atoms with van der Waals surface area (Å²) in [6.07, 6.45) is 1.54. The summed E-state index contributed by atoms with van der Waals surface area (Å²) in [6.45, 7) is 6.97. The van der Waals surface area contributed by atoms with Crippen molar-refractivity contribution in [3.63, 3.8) is 0 Å². The summed E-state index contributed by atoms with van der Waals surface area (Å²) < 4.78 is 19.4. The molecule has 0 aliphatic heterocycles. The van der Waals surface area contributed by atoms with E-state index in [1.165, 1.54) is 0 Å². The van der Waals surface area contributed by atoms with Crippen molar-refractivity contribution in [1.29, 1.82) is 0 Å². The molecule has 0 aliphatic carbocycles. The number of ether oxygens (including phenoxy) is 3. The Morgan fingerprint density at radius 3 is 2.23 bits per heavy atom. The fourth-order valence-electron chi connectivity index (χ4n) is 2.66. The Morgan fingerprint density at radius 2 is 1.63 bits per heavy atom. The van der Waals surface area contributed by atoms with Crippen molar-refractivity contribution in [2.75, 3.05) is 6.61 Å². The summed E-state index contributed by atoms with van der Waals surface area (Å²) >= 11 is 17.4. The molecule has 0 fully saturated rings. The highest BCUT2D eigenvalue weighted by Gasteiger charge is 2.13. The first-order valence-electron chi connectivity index (χ1n) is 9.30. The molecule has 2 aromatic carbocycles. The van der Waals surface area contributed by atoms with E-state index in [-0.39, 0.29) is 11.1 Å². The van der Waals surface area contributed by atoms with Gasteiger partial charge in [0.05, 0.1) is 10.7 Å². The normalized spacial score (nSPS) is 10.6. The SMILES string of the molecule is CCn1nc(C)c(C)c1Oc1ccc(Oc2ccc(OCC=C(Cl)Cl)cc2Cl)cc1. The third-order valence-electron chi connectivity index (χ3n) is 4.33. The van der Waals surface area contributed by atoms with Gasteiger partial charge in [-0.3, -0.25) is 0 Å². The highest BCUT2D eigenvalue weighted by Crippen LogP contribution is 2.34. The zero-order valence-corrected chi connectivity index (χ0v) is 19.1. The predicted molar refractivity (Wildman–Crippen MR) is 121 cm³/mol. The molecule has 1 aromatic heterocycles. The molecule has 0 radical (unpaired) electrons. The quantitative estimate of drug-likeness (QED) is 0.345. The Kier molecular flexibility index (Phi) is 7.53. The van der Waals surface area contributed by atoms with Gasteiger partial charge in [0.1, 0.15) is 34.1 Å². The van der Waals surface area contributed by atoms with E-state index in [2.05, 4.69) is 5.10 Å². The first-order valence-corrected chi connectivity index (χ1v) is 10.4. The van der Waals surface area contributed by atoms with Crippen LogP contribution in [0.25, 0.3) is 0 Å². The third-order valence-corrected chi connectivity index (χ3v) is 4.93. The number of hydrogen-bond donors (Lipinski definition) is 0. The lowest BCUT2D eigenvalue weighted by atomic mass is 10.3. The summed E-state index contributed by atoms with van der Waals surface area (Å²) in [5, 5.41) is 4.89. The second kappa shape index (κ2) is 10.1. The zero-order valence-electron chi connectivity index (χ0n) is 16.8. The predicted octanol–water partition coefficient (Wildman–Crippen LogP) is 7.46. The largest absolute Gasteiger partial charge is 0.489 e. The summed E-state index contributed by atoms with van der Waals surface area (Å²) in [7, 11) is 0. The minimum Gasteiger partial charge on any atom is -0.489 e. The van der Waals surface area contributed by atoms with Crippen LogP contribution in [0.4, 0.5) is 0 Å². The van der Waals surface area contributed by atoms with Gasteiger partial charge in [-0.05, 0) is 63.2 Å². The van der Waals surface area contributed by atoms with Crippen LogP contribution in [0.15, 0.2) is 53.0 Å². The van der Waals surface area contributed by atoms with Crippen LogP contribution in [0.2, 0.25) is 5.02 Å². The van der Waals surface area contributed by atoms with E-state index < -0.39 is 0 Å². The molecule has 8 heteroatoms. The van der Waals surface area contributed by atoms with Crippen LogP contribution in [0.5, 0.6) is 28.9 Å². The molecule has 1 heterocycles. The maximum Gasteiger partial charge on any atom is 0.220 e. The zero-order chi connectivity index (χ0) is 21.7. The lowest BCUT2D eigenvalue weighted by Gasteiger charge is -2.11. The van der Waals surface area contributed by atoms with Crippen molar-refractivity contribution in [2.45, 2.75) is 27.3 Å². The summed E-state index contributed by atoms with van der Waals surface area (Å²) in [6, 6.07) is 12.5. The van der Waals surface area contributed by atoms with Gasteiger partial charge < -0.3 is 14.2 Å². The van der Waals surface area contributed by atoms with Crippen molar-refractivity contribution >= 4 is 34.8 Å². The molecule has 3 aromatic rings. The molecule has 0 aliphatic rings. The molecule has 0 bridgehead atoms. The average Bonchev–Trinajstić information content (AvgIpc) is 2.99. The van der Waals surface area contributed by atoms with Crippen molar-refractivity contribution in [3.8, 4) is 28.9 Å². The highest BCUT2D eigenvalue weighted by atomic mass is 35.5. The van der Waals surface area contributed by atoms with Crippen molar-refractivity contribution in [3.05, 3.63) is 69.3 Å².